The van der Waals surface area contributed by atoms with Gasteiger partial charge in [-0.05, 0) is 39.3 Å². The molecule has 0 aromatic heterocycles. The zero-order valence-corrected chi connectivity index (χ0v) is 10.0. The van der Waals surface area contributed by atoms with Crippen LogP contribution in [0, 0.1) is 0 Å². The van der Waals surface area contributed by atoms with E-state index in [1.54, 1.807) is 0 Å². The van der Waals surface area contributed by atoms with Crippen molar-refractivity contribution in [3.8, 4) is 0 Å². The van der Waals surface area contributed by atoms with Crippen LogP contribution in [0.4, 0.5) is 0 Å². The summed E-state index contributed by atoms with van der Waals surface area (Å²) < 4.78 is 11.3. The lowest BCUT2D eigenvalue weighted by Gasteiger charge is -2.25. The van der Waals surface area contributed by atoms with Gasteiger partial charge >= 0.3 is 8.56 Å². The second-order valence-corrected chi connectivity index (χ2v) is 6.53. The van der Waals surface area contributed by atoms with Crippen LogP contribution in [0.25, 0.3) is 0 Å². The maximum absolute atomic E-state index is 8.66. The molecule has 0 radical (unpaired) electrons. The highest BCUT2D eigenvalue weighted by molar-refractivity contribution is 6.66. The summed E-state index contributed by atoms with van der Waals surface area (Å²) in [6.07, 6.45) is 1.85. The summed E-state index contributed by atoms with van der Waals surface area (Å²) in [5, 5.41) is 8.66. The maximum Gasteiger partial charge on any atom is 0.334 e. The molecule has 0 fully saturated rings. The fourth-order valence-electron chi connectivity index (χ4n) is 1.35. The first kappa shape index (κ1) is 13.1. The number of hydrogen-bond donors (Lipinski definition) is 1. The van der Waals surface area contributed by atoms with Crippen LogP contribution >= 0.6 is 0 Å². The molecule has 0 aromatic rings. The highest BCUT2D eigenvalue weighted by atomic mass is 28.4. The van der Waals surface area contributed by atoms with Gasteiger partial charge in [-0.25, -0.2) is 0 Å². The van der Waals surface area contributed by atoms with Gasteiger partial charge in [-0.15, -0.1) is 0 Å². The van der Waals surface area contributed by atoms with Gasteiger partial charge in [0, 0.05) is 19.8 Å². The molecular formula is C9H22O3Si. The van der Waals surface area contributed by atoms with Crippen LogP contribution in [0.2, 0.25) is 12.6 Å². The van der Waals surface area contributed by atoms with Crippen molar-refractivity contribution in [1.82, 2.24) is 0 Å². The topological polar surface area (TPSA) is 38.7 Å². The first-order valence-electron chi connectivity index (χ1n) is 5.07. The fourth-order valence-corrected chi connectivity index (χ4v) is 3.84. The molecule has 80 valence electrons. The first-order chi connectivity index (χ1) is 6.18. The molecule has 0 aliphatic heterocycles. The predicted molar refractivity (Wildman–Crippen MR) is 56.0 cm³/mol. The number of hydrogen-bond acceptors (Lipinski definition) is 3. The minimum atomic E-state index is -1.90. The van der Waals surface area contributed by atoms with E-state index in [-0.39, 0.29) is 6.61 Å². The Morgan fingerprint density at radius 1 is 1.08 bits per heavy atom. The van der Waals surface area contributed by atoms with E-state index in [2.05, 4.69) is 6.55 Å². The maximum atomic E-state index is 8.66. The van der Waals surface area contributed by atoms with Crippen molar-refractivity contribution in [3.05, 3.63) is 0 Å². The Bertz CT molecular complexity index is 113. The Hall–Kier alpha value is 0.0969. The molecule has 0 aliphatic rings. The lowest BCUT2D eigenvalue weighted by Crippen LogP contribution is -2.38. The standard InChI is InChI=1S/C9H22O3Si/c1-4-11-13(3,12-5-2)9-7-6-8-10/h10H,4-9H2,1-3H3. The van der Waals surface area contributed by atoms with Crippen LogP contribution in [0.1, 0.15) is 26.7 Å². The molecule has 13 heavy (non-hydrogen) atoms. The molecular weight excluding hydrogens is 184 g/mol. The molecule has 0 heterocycles. The Morgan fingerprint density at radius 3 is 2.00 bits per heavy atom. The van der Waals surface area contributed by atoms with Crippen LogP contribution in [-0.4, -0.2) is 33.5 Å². The van der Waals surface area contributed by atoms with Crippen molar-refractivity contribution < 1.29 is 14.0 Å². The van der Waals surface area contributed by atoms with Crippen molar-refractivity contribution in [1.29, 1.82) is 0 Å². The third-order valence-corrected chi connectivity index (χ3v) is 5.00. The van der Waals surface area contributed by atoms with Gasteiger partial charge in [0.05, 0.1) is 0 Å². The summed E-state index contributed by atoms with van der Waals surface area (Å²) in [5.74, 6) is 0. The number of rotatable bonds is 8. The second kappa shape index (κ2) is 7.50. The third-order valence-electron chi connectivity index (χ3n) is 1.94. The molecule has 0 unspecified atom stereocenters. The van der Waals surface area contributed by atoms with Gasteiger partial charge in [0.1, 0.15) is 0 Å². The minimum absolute atomic E-state index is 0.267. The summed E-state index contributed by atoms with van der Waals surface area (Å²) in [4.78, 5) is 0. The van der Waals surface area contributed by atoms with Gasteiger partial charge in [0.25, 0.3) is 0 Å². The van der Waals surface area contributed by atoms with Gasteiger partial charge in [0.2, 0.25) is 0 Å². The average molecular weight is 206 g/mol. The van der Waals surface area contributed by atoms with Crippen molar-refractivity contribution in [3.63, 3.8) is 0 Å². The summed E-state index contributed by atoms with van der Waals surface area (Å²) in [6.45, 7) is 7.80. The Morgan fingerprint density at radius 2 is 1.62 bits per heavy atom. The van der Waals surface area contributed by atoms with Gasteiger partial charge in [-0.3, -0.25) is 0 Å². The smallest absolute Gasteiger partial charge is 0.334 e. The van der Waals surface area contributed by atoms with Gasteiger partial charge < -0.3 is 14.0 Å². The monoisotopic (exact) mass is 206 g/mol. The van der Waals surface area contributed by atoms with Crippen LogP contribution in [0.5, 0.6) is 0 Å². The van der Waals surface area contributed by atoms with Crippen molar-refractivity contribution >= 4 is 8.56 Å². The summed E-state index contributed by atoms with van der Waals surface area (Å²) >= 11 is 0. The Labute approximate surface area is 82.3 Å². The molecule has 0 saturated carbocycles. The lowest BCUT2D eigenvalue weighted by atomic mass is 10.4. The van der Waals surface area contributed by atoms with Gasteiger partial charge in [0.15, 0.2) is 0 Å². The third kappa shape index (κ3) is 6.21. The molecule has 3 nitrogen and oxygen atoms in total. The fraction of sp³-hybridized carbons (Fsp3) is 1.00. The largest absolute Gasteiger partial charge is 0.396 e. The molecule has 0 bridgehead atoms. The molecule has 0 saturated heterocycles. The quantitative estimate of drug-likeness (QED) is 0.487. The summed E-state index contributed by atoms with van der Waals surface area (Å²) in [7, 11) is -1.90. The van der Waals surface area contributed by atoms with E-state index >= 15 is 0 Å². The number of unbranched alkanes of at least 4 members (excludes halogenated alkanes) is 1. The van der Waals surface area contributed by atoms with E-state index in [9.17, 15) is 0 Å². The molecule has 0 aliphatic carbocycles. The van der Waals surface area contributed by atoms with E-state index in [1.807, 2.05) is 13.8 Å². The van der Waals surface area contributed by atoms with Crippen molar-refractivity contribution in [2.24, 2.45) is 0 Å². The zero-order valence-electron chi connectivity index (χ0n) is 9.01. The average Bonchev–Trinajstić information content (AvgIpc) is 2.05. The lowest BCUT2D eigenvalue weighted by molar-refractivity contribution is 0.187. The second-order valence-electron chi connectivity index (χ2n) is 3.18. The SMILES string of the molecule is CCO[Si](C)(CCCCO)OCC. The van der Waals surface area contributed by atoms with Crippen molar-refractivity contribution in [2.45, 2.75) is 39.3 Å². The molecule has 1 N–H and O–H groups in total. The Balaban J connectivity index is 3.76. The Kier molecular flexibility index (Phi) is 7.55. The molecule has 4 heteroatoms. The van der Waals surface area contributed by atoms with Crippen LogP contribution < -0.4 is 0 Å². The molecule has 0 rings (SSSR count). The summed E-state index contributed by atoms with van der Waals surface area (Å²) in [5.41, 5.74) is 0. The number of aliphatic hydroxyl groups is 1. The highest BCUT2D eigenvalue weighted by Gasteiger charge is 2.29. The van der Waals surface area contributed by atoms with Crippen LogP contribution in [0.15, 0.2) is 0 Å². The van der Waals surface area contributed by atoms with E-state index < -0.39 is 8.56 Å². The number of aliphatic hydroxyl groups excluding tert-OH is 1. The molecule has 0 atom stereocenters. The van der Waals surface area contributed by atoms with Gasteiger partial charge in [-0.1, -0.05) is 0 Å². The predicted octanol–water partition coefficient (Wildman–Crippen LogP) is 1.90. The van der Waals surface area contributed by atoms with E-state index in [0.29, 0.717) is 0 Å². The molecule has 0 amide bonds. The van der Waals surface area contributed by atoms with Crippen LogP contribution in [0.3, 0.4) is 0 Å². The van der Waals surface area contributed by atoms with Gasteiger partial charge in [-0.2, -0.15) is 0 Å². The first-order valence-corrected chi connectivity index (χ1v) is 7.59. The van der Waals surface area contributed by atoms with E-state index in [4.69, 9.17) is 14.0 Å². The van der Waals surface area contributed by atoms with Crippen LogP contribution in [-0.2, 0) is 8.85 Å². The summed E-state index contributed by atoms with van der Waals surface area (Å²) in [6, 6.07) is 0.981. The zero-order chi connectivity index (χ0) is 10.2. The molecule has 0 aromatic carbocycles. The molecule has 0 spiro atoms. The van der Waals surface area contributed by atoms with Crippen molar-refractivity contribution in [2.75, 3.05) is 19.8 Å². The minimum Gasteiger partial charge on any atom is -0.396 e. The highest BCUT2D eigenvalue weighted by Crippen LogP contribution is 2.16. The van der Waals surface area contributed by atoms with E-state index in [1.165, 1.54) is 0 Å². The normalized spacial score (nSPS) is 12.0. The van der Waals surface area contributed by atoms with E-state index in [0.717, 1.165) is 32.1 Å².